The van der Waals surface area contributed by atoms with Crippen molar-refractivity contribution in [3.8, 4) is 0 Å². The van der Waals surface area contributed by atoms with Gasteiger partial charge in [-0.15, -0.1) is 11.3 Å². The fraction of sp³-hybridized carbons (Fsp3) is 0.500. The van der Waals surface area contributed by atoms with E-state index < -0.39 is 10.0 Å². The number of unbranched alkanes of at least 4 members (excludes halogenated alkanes) is 2. The molecule has 0 atom stereocenters. The van der Waals surface area contributed by atoms with Crippen molar-refractivity contribution in [2.24, 2.45) is 0 Å². The number of sulfonamides is 1. The molecular weight excluding hydrogens is 262 g/mol. The highest BCUT2D eigenvalue weighted by Gasteiger charge is 2.17. The third-order valence-corrected chi connectivity index (χ3v) is 4.51. The number of thiophene rings is 1. The van der Waals surface area contributed by atoms with Gasteiger partial charge in [0.2, 0.25) is 10.0 Å². The molecule has 0 aliphatic carbocycles. The van der Waals surface area contributed by atoms with E-state index in [2.05, 4.69) is 0 Å². The van der Waals surface area contributed by atoms with Gasteiger partial charge in [-0.2, -0.15) is 0 Å². The SMILES string of the molecule is CS(=O)(=O)N(CCCCC=S)c1cccs1. The quantitative estimate of drug-likeness (QED) is 0.568. The van der Waals surface area contributed by atoms with Gasteiger partial charge in [-0.1, -0.05) is 12.2 Å². The molecular formula is C10H15NO2S3. The number of thiocarbonyl (C=S) groups is 1. The van der Waals surface area contributed by atoms with E-state index >= 15 is 0 Å². The summed E-state index contributed by atoms with van der Waals surface area (Å²) in [6.07, 6.45) is 3.86. The van der Waals surface area contributed by atoms with Crippen LogP contribution in [0.25, 0.3) is 0 Å². The molecule has 0 fully saturated rings. The first kappa shape index (κ1) is 13.6. The van der Waals surface area contributed by atoms with Crippen molar-refractivity contribution in [3.05, 3.63) is 17.5 Å². The van der Waals surface area contributed by atoms with E-state index in [0.29, 0.717) is 6.54 Å². The highest BCUT2D eigenvalue weighted by Crippen LogP contribution is 2.24. The Morgan fingerprint density at radius 3 is 2.75 bits per heavy atom. The summed E-state index contributed by atoms with van der Waals surface area (Å²) in [5, 5.41) is 4.35. The minimum absolute atomic E-state index is 0.530. The Bertz CT molecular complexity index is 411. The fourth-order valence-electron chi connectivity index (χ4n) is 1.33. The number of hydrogen-bond donors (Lipinski definition) is 0. The number of hydrogen-bond acceptors (Lipinski definition) is 4. The highest BCUT2D eigenvalue weighted by molar-refractivity contribution is 7.92. The Morgan fingerprint density at radius 2 is 2.25 bits per heavy atom. The maximum atomic E-state index is 11.6. The monoisotopic (exact) mass is 277 g/mol. The average Bonchev–Trinajstić information content (AvgIpc) is 2.68. The third-order valence-electron chi connectivity index (χ3n) is 2.09. The standard InChI is InChI=1S/C10H15NO2S3/c1-16(12,13)11(7-3-2-4-8-14)10-6-5-9-15-10/h5-6,8-9H,2-4,7H2,1H3. The molecule has 3 nitrogen and oxygen atoms in total. The molecule has 0 unspecified atom stereocenters. The zero-order chi connectivity index (χ0) is 12.0. The van der Waals surface area contributed by atoms with Gasteiger partial charge in [0.25, 0.3) is 0 Å². The molecule has 0 amide bonds. The van der Waals surface area contributed by atoms with Gasteiger partial charge in [0.1, 0.15) is 5.00 Å². The Kier molecular flexibility index (Phi) is 5.37. The van der Waals surface area contributed by atoms with Gasteiger partial charge >= 0.3 is 0 Å². The largest absolute Gasteiger partial charge is 0.261 e. The molecule has 0 saturated carbocycles. The molecule has 90 valence electrons. The summed E-state index contributed by atoms with van der Waals surface area (Å²) in [5.41, 5.74) is 0. The van der Waals surface area contributed by atoms with Crippen molar-refractivity contribution in [1.29, 1.82) is 0 Å². The van der Waals surface area contributed by atoms with Crippen molar-refractivity contribution >= 4 is 43.9 Å². The molecule has 1 rings (SSSR count). The zero-order valence-corrected chi connectivity index (χ0v) is 11.6. The van der Waals surface area contributed by atoms with E-state index in [4.69, 9.17) is 12.2 Å². The van der Waals surface area contributed by atoms with E-state index in [0.717, 1.165) is 24.3 Å². The summed E-state index contributed by atoms with van der Waals surface area (Å²) in [4.78, 5) is 0. The van der Waals surface area contributed by atoms with E-state index in [-0.39, 0.29) is 0 Å². The molecule has 1 aromatic rings. The second-order valence-corrected chi connectivity index (χ2v) is 6.62. The van der Waals surface area contributed by atoms with Crippen LogP contribution in [0.4, 0.5) is 5.00 Å². The summed E-state index contributed by atoms with van der Waals surface area (Å²) in [5.74, 6) is 0. The molecule has 1 heterocycles. The minimum atomic E-state index is -3.17. The van der Waals surface area contributed by atoms with Gasteiger partial charge < -0.3 is 0 Å². The molecule has 0 saturated heterocycles. The first-order chi connectivity index (χ1) is 7.55. The van der Waals surface area contributed by atoms with Gasteiger partial charge in [-0.3, -0.25) is 4.31 Å². The van der Waals surface area contributed by atoms with Gasteiger partial charge in [-0.05, 0) is 42.1 Å². The maximum absolute atomic E-state index is 11.6. The van der Waals surface area contributed by atoms with Crippen LogP contribution in [0.2, 0.25) is 0 Å². The predicted octanol–water partition coefficient (Wildman–Crippen LogP) is 2.68. The van der Waals surface area contributed by atoms with Gasteiger partial charge in [0, 0.05) is 6.54 Å². The van der Waals surface area contributed by atoms with E-state index in [1.54, 1.807) is 5.37 Å². The minimum Gasteiger partial charge on any atom is -0.261 e. The highest BCUT2D eigenvalue weighted by atomic mass is 32.2. The van der Waals surface area contributed by atoms with Crippen molar-refractivity contribution in [1.82, 2.24) is 0 Å². The van der Waals surface area contributed by atoms with E-state index in [1.807, 2.05) is 17.5 Å². The second-order valence-electron chi connectivity index (χ2n) is 3.45. The lowest BCUT2D eigenvalue weighted by Gasteiger charge is -2.20. The molecule has 0 aromatic carbocycles. The number of anilines is 1. The van der Waals surface area contributed by atoms with Crippen LogP contribution >= 0.6 is 23.6 Å². The fourth-order valence-corrected chi connectivity index (χ4v) is 3.55. The molecule has 0 aliphatic heterocycles. The summed E-state index contributed by atoms with van der Waals surface area (Å²) < 4.78 is 24.7. The van der Waals surface area contributed by atoms with E-state index in [9.17, 15) is 8.42 Å². The molecule has 0 radical (unpaired) electrons. The first-order valence-corrected chi connectivity index (χ1v) is 8.20. The number of nitrogens with zero attached hydrogens (tertiary/aromatic N) is 1. The molecule has 0 aliphatic rings. The van der Waals surface area contributed by atoms with Crippen LogP contribution in [-0.4, -0.2) is 26.6 Å². The van der Waals surface area contributed by atoms with Gasteiger partial charge in [0.05, 0.1) is 6.26 Å². The average molecular weight is 277 g/mol. The Hall–Kier alpha value is -0.460. The van der Waals surface area contributed by atoms with Crippen LogP contribution in [0.3, 0.4) is 0 Å². The van der Waals surface area contributed by atoms with Crippen LogP contribution in [0.5, 0.6) is 0 Å². The first-order valence-electron chi connectivity index (χ1n) is 5.00. The lowest BCUT2D eigenvalue weighted by molar-refractivity contribution is 0.594. The van der Waals surface area contributed by atoms with Crippen molar-refractivity contribution in [2.45, 2.75) is 19.3 Å². The van der Waals surface area contributed by atoms with Crippen molar-refractivity contribution in [2.75, 3.05) is 17.1 Å². The van der Waals surface area contributed by atoms with Crippen LogP contribution in [0, 0.1) is 0 Å². The predicted molar refractivity (Wildman–Crippen MR) is 74.0 cm³/mol. The van der Waals surface area contributed by atoms with Crippen LogP contribution in [0.1, 0.15) is 19.3 Å². The lowest BCUT2D eigenvalue weighted by atomic mass is 10.2. The van der Waals surface area contributed by atoms with Crippen molar-refractivity contribution in [3.63, 3.8) is 0 Å². The second kappa shape index (κ2) is 6.32. The summed E-state index contributed by atoms with van der Waals surface area (Å²) >= 11 is 6.17. The third kappa shape index (κ3) is 4.19. The Morgan fingerprint density at radius 1 is 1.50 bits per heavy atom. The van der Waals surface area contributed by atoms with E-state index in [1.165, 1.54) is 21.9 Å². The lowest BCUT2D eigenvalue weighted by Crippen LogP contribution is -2.30. The Balaban J connectivity index is 2.64. The smallest absolute Gasteiger partial charge is 0.232 e. The topological polar surface area (TPSA) is 37.4 Å². The molecule has 6 heteroatoms. The van der Waals surface area contributed by atoms with Crippen LogP contribution < -0.4 is 4.31 Å². The maximum Gasteiger partial charge on any atom is 0.232 e. The summed E-state index contributed by atoms with van der Waals surface area (Å²) in [6, 6.07) is 3.68. The van der Waals surface area contributed by atoms with Crippen LogP contribution in [-0.2, 0) is 10.0 Å². The molecule has 0 N–H and O–H groups in total. The molecule has 16 heavy (non-hydrogen) atoms. The summed E-state index contributed by atoms with van der Waals surface area (Å²) in [6.45, 7) is 0.530. The molecule has 0 spiro atoms. The normalized spacial score (nSPS) is 11.3. The van der Waals surface area contributed by atoms with Gasteiger partial charge in [-0.25, -0.2) is 8.42 Å². The van der Waals surface area contributed by atoms with Crippen LogP contribution in [0.15, 0.2) is 17.5 Å². The summed E-state index contributed by atoms with van der Waals surface area (Å²) in [7, 11) is -3.17. The Labute approximate surface area is 106 Å². The van der Waals surface area contributed by atoms with Gasteiger partial charge in [0.15, 0.2) is 0 Å². The molecule has 1 aromatic heterocycles. The molecule has 0 bridgehead atoms. The van der Waals surface area contributed by atoms with Crippen molar-refractivity contribution < 1.29 is 8.42 Å². The number of rotatable bonds is 7. The zero-order valence-electron chi connectivity index (χ0n) is 9.13.